The average Bonchev–Trinajstić information content (AvgIpc) is 3.80. The summed E-state index contributed by atoms with van der Waals surface area (Å²) in [7, 11) is -2.37. The SMILES string of the molecule is CCOP(=O)(OCC)C(O)=Cc1cn(-c2ccccc2)nc1OCc1ccc(OCc2nc(-c3ccco3)oc2C)c(OC)c1. The summed E-state index contributed by atoms with van der Waals surface area (Å²) in [5, 5.41) is 15.3. The van der Waals surface area contributed by atoms with Crippen molar-refractivity contribution in [2.75, 3.05) is 20.3 Å². The second-order valence-electron chi connectivity index (χ2n) is 9.57. The van der Waals surface area contributed by atoms with Crippen molar-refractivity contribution in [3.8, 4) is 34.7 Å². The molecule has 13 heteroatoms. The Morgan fingerprint density at radius 3 is 2.47 bits per heavy atom. The number of rotatable bonds is 15. The highest BCUT2D eigenvalue weighted by Gasteiger charge is 2.30. The molecule has 0 amide bonds. The Morgan fingerprint density at radius 1 is 1.00 bits per heavy atom. The number of para-hydroxylation sites is 1. The second kappa shape index (κ2) is 14.3. The lowest BCUT2D eigenvalue weighted by Gasteiger charge is -2.15. The molecule has 2 aromatic carbocycles. The van der Waals surface area contributed by atoms with Crippen molar-refractivity contribution in [1.82, 2.24) is 14.8 Å². The minimum absolute atomic E-state index is 0.0908. The fourth-order valence-corrected chi connectivity index (χ4v) is 5.63. The Kier molecular flexibility index (Phi) is 10.1. The van der Waals surface area contributed by atoms with Crippen LogP contribution < -0.4 is 14.2 Å². The summed E-state index contributed by atoms with van der Waals surface area (Å²) in [6, 6.07) is 18.3. The fraction of sp³-hybridized carbons (Fsp3) is 0.250. The largest absolute Gasteiger partial charge is 0.501 e. The highest BCUT2D eigenvalue weighted by Crippen LogP contribution is 2.55. The number of benzene rings is 2. The smallest absolute Gasteiger partial charge is 0.395 e. The molecule has 45 heavy (non-hydrogen) atoms. The first-order valence-electron chi connectivity index (χ1n) is 14.2. The van der Waals surface area contributed by atoms with Gasteiger partial charge in [0.2, 0.25) is 11.4 Å². The van der Waals surface area contributed by atoms with Gasteiger partial charge in [-0.25, -0.2) is 9.67 Å². The first kappa shape index (κ1) is 31.6. The van der Waals surface area contributed by atoms with Gasteiger partial charge in [-0.2, -0.15) is 0 Å². The Hall–Kier alpha value is -4.77. The lowest BCUT2D eigenvalue weighted by molar-refractivity contribution is 0.212. The molecule has 0 saturated carbocycles. The van der Waals surface area contributed by atoms with Crippen LogP contribution in [0.4, 0.5) is 0 Å². The summed E-state index contributed by atoms with van der Waals surface area (Å²) in [4.78, 5) is 4.48. The topological polar surface area (TPSA) is 140 Å². The van der Waals surface area contributed by atoms with E-state index in [1.807, 2.05) is 43.3 Å². The van der Waals surface area contributed by atoms with Gasteiger partial charge in [-0.05, 0) is 62.7 Å². The Labute approximate surface area is 260 Å². The molecule has 236 valence electrons. The lowest BCUT2D eigenvalue weighted by atomic mass is 10.2. The van der Waals surface area contributed by atoms with Crippen LogP contribution in [0.2, 0.25) is 0 Å². The molecule has 3 aromatic heterocycles. The quantitative estimate of drug-likeness (QED) is 0.0893. The van der Waals surface area contributed by atoms with Crippen molar-refractivity contribution in [3.05, 3.63) is 101 Å². The van der Waals surface area contributed by atoms with E-state index in [0.717, 1.165) is 11.3 Å². The number of oxazole rings is 1. The number of aliphatic hydroxyl groups excluding tert-OH is 1. The van der Waals surface area contributed by atoms with Crippen molar-refractivity contribution in [1.29, 1.82) is 0 Å². The number of hydrogen-bond donors (Lipinski definition) is 1. The van der Waals surface area contributed by atoms with Crippen molar-refractivity contribution in [2.24, 2.45) is 0 Å². The number of aryl methyl sites for hydroxylation is 1. The monoisotopic (exact) mass is 635 g/mol. The van der Waals surface area contributed by atoms with E-state index in [2.05, 4.69) is 10.1 Å². The van der Waals surface area contributed by atoms with E-state index in [1.165, 1.54) is 6.08 Å². The first-order valence-corrected chi connectivity index (χ1v) is 15.8. The van der Waals surface area contributed by atoms with Gasteiger partial charge in [0.25, 0.3) is 5.89 Å². The molecule has 0 aliphatic rings. The number of ether oxygens (including phenoxy) is 3. The fourth-order valence-electron chi connectivity index (χ4n) is 4.31. The third kappa shape index (κ3) is 7.49. The first-order chi connectivity index (χ1) is 21.8. The summed E-state index contributed by atoms with van der Waals surface area (Å²) >= 11 is 0. The molecule has 3 heterocycles. The van der Waals surface area contributed by atoms with E-state index in [0.29, 0.717) is 40.2 Å². The average molecular weight is 636 g/mol. The van der Waals surface area contributed by atoms with Gasteiger partial charge in [-0.3, -0.25) is 4.57 Å². The van der Waals surface area contributed by atoms with Crippen LogP contribution in [-0.2, 0) is 26.8 Å². The van der Waals surface area contributed by atoms with E-state index < -0.39 is 13.1 Å². The molecule has 5 aromatic rings. The maximum atomic E-state index is 13.1. The van der Waals surface area contributed by atoms with Gasteiger partial charge >= 0.3 is 7.60 Å². The summed E-state index contributed by atoms with van der Waals surface area (Å²) < 4.78 is 54.1. The van der Waals surface area contributed by atoms with E-state index in [4.69, 9.17) is 32.1 Å². The zero-order valence-corrected chi connectivity index (χ0v) is 26.2. The predicted molar refractivity (Wildman–Crippen MR) is 166 cm³/mol. The molecule has 0 unspecified atom stereocenters. The van der Waals surface area contributed by atoms with Gasteiger partial charge in [-0.15, -0.1) is 5.10 Å². The van der Waals surface area contributed by atoms with E-state index in [9.17, 15) is 9.67 Å². The number of aliphatic hydroxyl groups is 1. The van der Waals surface area contributed by atoms with Gasteiger partial charge in [0.1, 0.15) is 24.7 Å². The number of aromatic nitrogens is 3. The molecule has 0 aliphatic heterocycles. The molecule has 0 fully saturated rings. The zero-order valence-electron chi connectivity index (χ0n) is 25.3. The molecule has 0 saturated heterocycles. The number of hydrogen-bond acceptors (Lipinski definition) is 11. The van der Waals surface area contributed by atoms with Crippen LogP contribution in [0, 0.1) is 6.92 Å². The Balaban J connectivity index is 1.34. The molecule has 1 N–H and O–H groups in total. The minimum Gasteiger partial charge on any atom is -0.501 e. The molecule has 5 rings (SSSR count). The highest BCUT2D eigenvalue weighted by atomic mass is 31.2. The van der Waals surface area contributed by atoms with Crippen LogP contribution >= 0.6 is 7.60 Å². The molecule has 0 atom stereocenters. The zero-order chi connectivity index (χ0) is 31.8. The Bertz CT molecular complexity index is 1770. The molecular weight excluding hydrogens is 601 g/mol. The van der Waals surface area contributed by atoms with Gasteiger partial charge in [-0.1, -0.05) is 24.3 Å². The van der Waals surface area contributed by atoms with Crippen LogP contribution in [0.15, 0.2) is 87.5 Å². The third-order valence-electron chi connectivity index (χ3n) is 6.48. The number of furan rings is 1. The van der Waals surface area contributed by atoms with Gasteiger partial charge in [0.15, 0.2) is 17.3 Å². The summed E-state index contributed by atoms with van der Waals surface area (Å²) in [6.45, 7) is 5.59. The maximum Gasteiger partial charge on any atom is 0.395 e. The summed E-state index contributed by atoms with van der Waals surface area (Å²) in [5.41, 5.74) is 1.98. The molecule has 12 nitrogen and oxygen atoms in total. The molecule has 0 radical (unpaired) electrons. The number of nitrogens with zero attached hydrogens (tertiary/aromatic N) is 3. The minimum atomic E-state index is -3.92. The van der Waals surface area contributed by atoms with Crippen LogP contribution in [0.1, 0.15) is 36.4 Å². The summed E-state index contributed by atoms with van der Waals surface area (Å²) in [6.07, 6.45) is 4.50. The van der Waals surface area contributed by atoms with Crippen LogP contribution in [0.25, 0.3) is 23.4 Å². The lowest BCUT2D eigenvalue weighted by Crippen LogP contribution is -2.02. The van der Waals surface area contributed by atoms with Crippen LogP contribution in [0.5, 0.6) is 17.4 Å². The van der Waals surface area contributed by atoms with Gasteiger partial charge < -0.3 is 37.2 Å². The summed E-state index contributed by atoms with van der Waals surface area (Å²) in [5.74, 6) is 2.73. The maximum absolute atomic E-state index is 13.1. The number of methoxy groups -OCH3 is 1. The van der Waals surface area contributed by atoms with Crippen LogP contribution in [-0.4, -0.2) is 40.2 Å². The third-order valence-corrected chi connectivity index (χ3v) is 8.37. The van der Waals surface area contributed by atoms with Crippen molar-refractivity contribution < 1.29 is 41.8 Å². The molecule has 0 spiro atoms. The normalized spacial score (nSPS) is 12.0. The molecule has 0 aliphatic carbocycles. The highest BCUT2D eigenvalue weighted by molar-refractivity contribution is 7.58. The van der Waals surface area contributed by atoms with Crippen molar-refractivity contribution >= 4 is 13.7 Å². The Morgan fingerprint density at radius 2 is 1.78 bits per heavy atom. The second-order valence-corrected chi connectivity index (χ2v) is 11.5. The van der Waals surface area contributed by atoms with E-state index in [1.54, 1.807) is 62.4 Å². The van der Waals surface area contributed by atoms with Gasteiger partial charge in [0.05, 0.1) is 37.8 Å². The van der Waals surface area contributed by atoms with Crippen LogP contribution in [0.3, 0.4) is 0 Å². The molecular formula is C32H34N3O9P. The van der Waals surface area contributed by atoms with E-state index >= 15 is 0 Å². The van der Waals surface area contributed by atoms with Crippen molar-refractivity contribution in [3.63, 3.8) is 0 Å². The van der Waals surface area contributed by atoms with Crippen molar-refractivity contribution in [2.45, 2.75) is 34.0 Å². The predicted octanol–water partition coefficient (Wildman–Crippen LogP) is 7.72. The molecule has 0 bridgehead atoms. The van der Waals surface area contributed by atoms with E-state index in [-0.39, 0.29) is 32.3 Å². The standard InChI is InChI=1S/C32H34N3O9P/c1-5-42-45(37,43-6-2)30(36)18-24-19-35(25-11-8-7-9-12-25)34-31(24)41-20-23-14-15-27(29(17-23)38-4)40-21-26-22(3)44-32(33-26)28-13-10-16-39-28/h7-19,36H,5-6,20-21H2,1-4H3. The van der Waals surface area contributed by atoms with Gasteiger partial charge in [0, 0.05) is 12.3 Å².